The molecule has 2 aromatic rings. The fourth-order valence-corrected chi connectivity index (χ4v) is 2.55. The lowest BCUT2D eigenvalue weighted by Gasteiger charge is -2.13. The maximum absolute atomic E-state index is 12.5. The number of carbonyl (C=O) groups excluding carboxylic acids is 1. The minimum Gasteiger partial charge on any atom is -0.481 e. The lowest BCUT2D eigenvalue weighted by Crippen LogP contribution is -2.14. The van der Waals surface area contributed by atoms with Crippen molar-refractivity contribution >= 4 is 17.6 Å². The van der Waals surface area contributed by atoms with E-state index < -0.39 is 12.6 Å². The maximum atomic E-state index is 12.5. The van der Waals surface area contributed by atoms with Crippen LogP contribution in [0.1, 0.15) is 27.0 Å². The van der Waals surface area contributed by atoms with Gasteiger partial charge < -0.3 is 19.9 Å². The molecule has 25 heavy (non-hydrogen) atoms. The molecule has 2 aromatic carbocycles. The molecule has 0 saturated carbocycles. The first-order valence-corrected chi connectivity index (χ1v) is 7.75. The van der Waals surface area contributed by atoms with Gasteiger partial charge in [-0.05, 0) is 54.8 Å². The second-order valence-electron chi connectivity index (χ2n) is 5.71. The van der Waals surface area contributed by atoms with Crippen LogP contribution in [0.5, 0.6) is 5.75 Å². The molecule has 0 aliphatic heterocycles. The smallest absolute Gasteiger partial charge is 0.341 e. The summed E-state index contributed by atoms with van der Waals surface area (Å²) in [5.41, 5.74) is 3.54. The van der Waals surface area contributed by atoms with Gasteiger partial charge in [0.15, 0.2) is 6.61 Å². The van der Waals surface area contributed by atoms with Crippen molar-refractivity contribution in [3.8, 4) is 5.75 Å². The number of nitrogens with one attached hydrogen (secondary N) is 1. The number of ether oxygens (including phenoxy) is 2. The Labute approximate surface area is 146 Å². The summed E-state index contributed by atoms with van der Waals surface area (Å²) in [6, 6.07) is 10.8. The van der Waals surface area contributed by atoms with Gasteiger partial charge in [0.25, 0.3) is 5.91 Å². The summed E-state index contributed by atoms with van der Waals surface area (Å²) in [6.07, 6.45) is 0. The van der Waals surface area contributed by atoms with E-state index in [1.54, 1.807) is 39.2 Å². The first-order valence-electron chi connectivity index (χ1n) is 7.75. The molecule has 0 unspecified atom stereocenters. The normalized spacial score (nSPS) is 10.4. The van der Waals surface area contributed by atoms with Crippen molar-refractivity contribution in [2.24, 2.45) is 0 Å². The molecule has 0 saturated heterocycles. The molecular weight excluding hydrogens is 322 g/mol. The first-order chi connectivity index (χ1) is 11.9. The highest BCUT2D eigenvalue weighted by Gasteiger charge is 2.13. The van der Waals surface area contributed by atoms with Gasteiger partial charge >= 0.3 is 5.97 Å². The minimum atomic E-state index is -1.04. The van der Waals surface area contributed by atoms with E-state index >= 15 is 0 Å². The number of aliphatic carboxylic acids is 1. The molecule has 132 valence electrons. The fourth-order valence-electron chi connectivity index (χ4n) is 2.55. The molecule has 0 atom stereocenters. The fraction of sp³-hybridized carbons (Fsp3) is 0.263. The third-order valence-corrected chi connectivity index (χ3v) is 3.56. The second-order valence-corrected chi connectivity index (χ2v) is 5.71. The Morgan fingerprint density at radius 1 is 1.12 bits per heavy atom. The summed E-state index contributed by atoms with van der Waals surface area (Å²) < 4.78 is 10.4. The van der Waals surface area contributed by atoms with Crippen molar-refractivity contribution in [1.29, 1.82) is 0 Å². The number of aryl methyl sites for hydroxylation is 2. The van der Waals surface area contributed by atoms with E-state index in [0.29, 0.717) is 34.7 Å². The number of hydrogen-bond acceptors (Lipinski definition) is 4. The van der Waals surface area contributed by atoms with Crippen molar-refractivity contribution in [3.63, 3.8) is 0 Å². The third kappa shape index (κ3) is 5.06. The zero-order chi connectivity index (χ0) is 18.4. The van der Waals surface area contributed by atoms with Gasteiger partial charge in [-0.25, -0.2) is 4.79 Å². The lowest BCUT2D eigenvalue weighted by atomic mass is 10.0. The van der Waals surface area contributed by atoms with Crippen molar-refractivity contribution in [2.45, 2.75) is 20.5 Å². The number of hydrogen-bond donors (Lipinski definition) is 2. The average molecular weight is 343 g/mol. The lowest BCUT2D eigenvalue weighted by molar-refractivity contribution is -0.139. The van der Waals surface area contributed by atoms with Crippen molar-refractivity contribution < 1.29 is 24.2 Å². The Kier molecular flexibility index (Phi) is 6.14. The molecule has 6 nitrogen and oxygen atoms in total. The second kappa shape index (κ2) is 8.30. The highest BCUT2D eigenvalue weighted by Crippen LogP contribution is 2.25. The van der Waals surface area contributed by atoms with Gasteiger partial charge in [-0.2, -0.15) is 0 Å². The minimum absolute atomic E-state index is 0.245. The number of amides is 1. The van der Waals surface area contributed by atoms with Crippen molar-refractivity contribution in [1.82, 2.24) is 0 Å². The predicted molar refractivity (Wildman–Crippen MR) is 94.2 cm³/mol. The Hall–Kier alpha value is -2.86. The average Bonchev–Trinajstić information content (AvgIpc) is 2.54. The van der Waals surface area contributed by atoms with E-state index in [1.807, 2.05) is 18.2 Å². The molecule has 6 heteroatoms. The Morgan fingerprint density at radius 2 is 1.80 bits per heavy atom. The van der Waals surface area contributed by atoms with E-state index in [2.05, 4.69) is 5.32 Å². The van der Waals surface area contributed by atoms with Crippen LogP contribution in [0, 0.1) is 13.8 Å². The summed E-state index contributed by atoms with van der Waals surface area (Å²) in [4.78, 5) is 23.1. The summed E-state index contributed by atoms with van der Waals surface area (Å²) in [7, 11) is 1.62. The maximum Gasteiger partial charge on any atom is 0.341 e. The molecule has 0 heterocycles. The van der Waals surface area contributed by atoms with Crippen molar-refractivity contribution in [3.05, 3.63) is 58.7 Å². The number of anilines is 1. The van der Waals surface area contributed by atoms with Crippen LogP contribution in [0.4, 0.5) is 5.69 Å². The number of carboxylic acid groups (broad SMARTS) is 1. The van der Waals surface area contributed by atoms with Crippen LogP contribution in [0.25, 0.3) is 0 Å². The number of rotatable bonds is 7. The zero-order valence-electron chi connectivity index (χ0n) is 14.5. The molecule has 0 spiro atoms. The van der Waals surface area contributed by atoms with Crippen LogP contribution in [0.15, 0.2) is 36.4 Å². The van der Waals surface area contributed by atoms with E-state index in [0.717, 1.165) is 5.56 Å². The molecule has 0 aromatic heterocycles. The van der Waals surface area contributed by atoms with Gasteiger partial charge in [-0.15, -0.1) is 0 Å². The number of carbonyl (C=O) groups is 2. The highest BCUT2D eigenvalue weighted by molar-refractivity contribution is 6.04. The molecular formula is C19H21NO5. The Bertz CT molecular complexity index is 762. The van der Waals surface area contributed by atoms with E-state index in [4.69, 9.17) is 14.6 Å². The quantitative estimate of drug-likeness (QED) is 0.806. The van der Waals surface area contributed by atoms with Gasteiger partial charge in [-0.3, -0.25) is 4.79 Å². The Balaban J connectivity index is 2.16. The molecule has 0 aliphatic carbocycles. The predicted octanol–water partition coefficient (Wildman–Crippen LogP) is 3.17. The van der Waals surface area contributed by atoms with Crippen molar-refractivity contribution in [2.75, 3.05) is 19.0 Å². The van der Waals surface area contributed by atoms with Crippen LogP contribution in [0.3, 0.4) is 0 Å². The van der Waals surface area contributed by atoms with Crippen LogP contribution < -0.4 is 10.1 Å². The first kappa shape index (κ1) is 18.5. The summed E-state index contributed by atoms with van der Waals surface area (Å²) >= 11 is 0. The molecule has 2 N–H and O–H groups in total. The largest absolute Gasteiger partial charge is 0.481 e. The van der Waals surface area contributed by atoms with E-state index in [9.17, 15) is 9.59 Å². The molecule has 0 radical (unpaired) electrons. The van der Waals surface area contributed by atoms with Gasteiger partial charge in [0.1, 0.15) is 5.75 Å². The molecule has 0 fully saturated rings. The molecule has 1 amide bonds. The molecule has 0 bridgehead atoms. The highest BCUT2D eigenvalue weighted by atomic mass is 16.5. The summed E-state index contributed by atoms with van der Waals surface area (Å²) in [5, 5.41) is 11.6. The zero-order valence-corrected chi connectivity index (χ0v) is 14.5. The standard InChI is InChI=1S/C19H21NO5/c1-12-7-15(8-13(2)18(12)25-11-17(21)22)19(23)20-16-6-4-5-14(9-16)10-24-3/h4-9H,10-11H2,1-3H3,(H,20,23)(H,21,22). The van der Waals surface area contributed by atoms with Gasteiger partial charge in [0, 0.05) is 18.4 Å². The monoisotopic (exact) mass is 343 g/mol. The molecule has 2 rings (SSSR count). The van der Waals surface area contributed by atoms with Crippen LogP contribution in [0.2, 0.25) is 0 Å². The Morgan fingerprint density at radius 3 is 2.40 bits per heavy atom. The number of benzene rings is 2. The molecule has 0 aliphatic rings. The van der Waals surface area contributed by atoms with Crippen LogP contribution in [-0.4, -0.2) is 30.7 Å². The number of methoxy groups -OCH3 is 1. The SMILES string of the molecule is COCc1cccc(NC(=O)c2cc(C)c(OCC(=O)O)c(C)c2)c1. The van der Waals surface area contributed by atoms with Crippen LogP contribution in [-0.2, 0) is 16.1 Å². The van der Waals surface area contributed by atoms with E-state index in [-0.39, 0.29) is 5.91 Å². The topological polar surface area (TPSA) is 84.9 Å². The van der Waals surface area contributed by atoms with Crippen LogP contribution >= 0.6 is 0 Å². The third-order valence-electron chi connectivity index (χ3n) is 3.56. The van der Waals surface area contributed by atoms with Gasteiger partial charge in [0.2, 0.25) is 0 Å². The summed E-state index contributed by atoms with van der Waals surface area (Å²) in [6.45, 7) is 3.61. The number of carboxylic acids is 1. The van der Waals surface area contributed by atoms with E-state index in [1.165, 1.54) is 0 Å². The van der Waals surface area contributed by atoms with Gasteiger partial charge in [-0.1, -0.05) is 12.1 Å². The summed E-state index contributed by atoms with van der Waals surface area (Å²) in [5.74, 6) is -0.803. The van der Waals surface area contributed by atoms with Gasteiger partial charge in [0.05, 0.1) is 6.61 Å².